The molecule has 2 atom stereocenters. The Labute approximate surface area is 131 Å². The topological polar surface area (TPSA) is 39.1 Å². The molecule has 2 fully saturated rings. The smallest absolute Gasteiger partial charge is 0.101 e. The molecular weight excluding hydrogens is 282 g/mol. The van der Waals surface area contributed by atoms with E-state index in [4.69, 9.17) is 11.6 Å². The second kappa shape index (κ2) is 6.25. The van der Waals surface area contributed by atoms with E-state index in [9.17, 15) is 5.26 Å². The van der Waals surface area contributed by atoms with Crippen molar-refractivity contribution in [2.45, 2.75) is 57.2 Å². The van der Waals surface area contributed by atoms with Crippen molar-refractivity contribution in [2.24, 2.45) is 0 Å². The van der Waals surface area contributed by atoms with Gasteiger partial charge in [-0.15, -0.1) is 0 Å². The third-order valence-corrected chi connectivity index (χ3v) is 4.98. The zero-order valence-electron chi connectivity index (χ0n) is 12.5. The molecule has 0 spiro atoms. The monoisotopic (exact) mass is 303 g/mol. The highest BCUT2D eigenvalue weighted by Gasteiger charge is 2.36. The minimum atomic E-state index is 0.522. The van der Waals surface area contributed by atoms with Crippen molar-refractivity contribution in [1.29, 1.82) is 5.26 Å². The van der Waals surface area contributed by atoms with Gasteiger partial charge in [-0.1, -0.05) is 18.5 Å². The van der Waals surface area contributed by atoms with Crippen molar-refractivity contribution in [3.63, 3.8) is 0 Å². The lowest BCUT2D eigenvalue weighted by atomic mass is 9.96. The zero-order chi connectivity index (χ0) is 14.8. The number of anilines is 1. The molecule has 1 aromatic rings. The third kappa shape index (κ3) is 3.02. The maximum atomic E-state index is 9.41. The number of fused-ring (bicyclic) bond motifs is 2. The molecule has 1 aromatic carbocycles. The highest BCUT2D eigenvalue weighted by atomic mass is 35.5. The Kier molecular flexibility index (Phi) is 4.37. The van der Waals surface area contributed by atoms with Crippen molar-refractivity contribution in [3.8, 4) is 6.07 Å². The largest absolute Gasteiger partial charge is 0.367 e. The van der Waals surface area contributed by atoms with E-state index in [0.29, 0.717) is 23.1 Å². The summed E-state index contributed by atoms with van der Waals surface area (Å²) >= 11 is 6.18. The molecule has 2 saturated heterocycles. The molecule has 1 N–H and O–H groups in total. The van der Waals surface area contributed by atoms with Gasteiger partial charge in [-0.2, -0.15) is 5.26 Å². The van der Waals surface area contributed by atoms with E-state index in [0.717, 1.165) is 24.2 Å². The van der Waals surface area contributed by atoms with E-state index in [1.807, 2.05) is 12.1 Å². The predicted octanol–water partition coefficient (Wildman–Crippen LogP) is 3.71. The van der Waals surface area contributed by atoms with Gasteiger partial charge < -0.3 is 10.2 Å². The summed E-state index contributed by atoms with van der Waals surface area (Å²) in [5.41, 5.74) is 1.75. The van der Waals surface area contributed by atoms with Crippen LogP contribution in [0.2, 0.25) is 5.02 Å². The second-order valence-corrected chi connectivity index (χ2v) is 6.67. The number of nitriles is 1. The summed E-state index contributed by atoms with van der Waals surface area (Å²) in [5.74, 6) is 0. The van der Waals surface area contributed by atoms with Gasteiger partial charge in [-0.25, -0.2) is 0 Å². The molecule has 2 aliphatic heterocycles. The van der Waals surface area contributed by atoms with Crippen LogP contribution < -0.4 is 10.2 Å². The highest BCUT2D eigenvalue weighted by molar-refractivity contribution is 6.30. The molecule has 0 amide bonds. The molecule has 3 nitrogen and oxygen atoms in total. The summed E-state index contributed by atoms with van der Waals surface area (Å²) in [6.45, 7) is 3.18. The predicted molar refractivity (Wildman–Crippen MR) is 86.8 cm³/mol. The highest BCUT2D eigenvalue weighted by Crippen LogP contribution is 2.34. The van der Waals surface area contributed by atoms with E-state index < -0.39 is 0 Å². The number of piperidine rings is 1. The molecule has 0 saturated carbocycles. The summed E-state index contributed by atoms with van der Waals surface area (Å²) in [4.78, 5) is 2.43. The molecule has 2 aliphatic rings. The molecule has 0 aromatic heterocycles. The van der Waals surface area contributed by atoms with Gasteiger partial charge in [0.25, 0.3) is 0 Å². The zero-order valence-corrected chi connectivity index (χ0v) is 13.2. The number of hydrogen-bond acceptors (Lipinski definition) is 3. The van der Waals surface area contributed by atoms with Crippen LogP contribution in [0.3, 0.4) is 0 Å². The van der Waals surface area contributed by atoms with Crippen molar-refractivity contribution < 1.29 is 0 Å². The van der Waals surface area contributed by atoms with Crippen LogP contribution in [0.25, 0.3) is 0 Å². The Hall–Kier alpha value is -1.24. The van der Waals surface area contributed by atoms with Crippen LogP contribution in [0.4, 0.5) is 5.69 Å². The Morgan fingerprint density at radius 2 is 2.05 bits per heavy atom. The summed E-state index contributed by atoms with van der Waals surface area (Å²) in [6, 6.07) is 9.75. The van der Waals surface area contributed by atoms with Crippen molar-refractivity contribution in [3.05, 3.63) is 28.8 Å². The second-order valence-electron chi connectivity index (χ2n) is 6.23. The van der Waals surface area contributed by atoms with Crippen LogP contribution >= 0.6 is 11.6 Å². The van der Waals surface area contributed by atoms with Gasteiger partial charge in [0.2, 0.25) is 0 Å². The summed E-state index contributed by atoms with van der Waals surface area (Å²) in [7, 11) is 0. The Bertz CT molecular complexity index is 539. The lowest BCUT2D eigenvalue weighted by Crippen LogP contribution is -2.48. The lowest BCUT2D eigenvalue weighted by molar-refractivity contribution is 0.346. The number of halogens is 1. The molecule has 112 valence electrons. The van der Waals surface area contributed by atoms with Gasteiger partial charge in [0.15, 0.2) is 0 Å². The van der Waals surface area contributed by atoms with E-state index >= 15 is 0 Å². The summed E-state index contributed by atoms with van der Waals surface area (Å²) < 4.78 is 0. The molecule has 2 heterocycles. The van der Waals surface area contributed by atoms with Crippen LogP contribution in [0.5, 0.6) is 0 Å². The van der Waals surface area contributed by atoms with Gasteiger partial charge in [0.1, 0.15) is 6.07 Å². The van der Waals surface area contributed by atoms with Crippen molar-refractivity contribution in [1.82, 2.24) is 5.32 Å². The number of hydrogen-bond donors (Lipinski definition) is 1. The Morgan fingerprint density at radius 1 is 1.33 bits per heavy atom. The standard InChI is InChI=1S/C17H22ClN3/c1-2-7-21(16-9-14-5-6-15(10-16)20-14)17-8-13(18)4-3-12(17)11-19/h3-4,8,14-16,20H,2,5-7,9-10H2,1H3. The first-order chi connectivity index (χ1) is 10.2. The maximum absolute atomic E-state index is 9.41. The fraction of sp³-hybridized carbons (Fsp3) is 0.588. The van der Waals surface area contributed by atoms with Gasteiger partial charge in [0, 0.05) is 29.7 Å². The van der Waals surface area contributed by atoms with E-state index in [2.05, 4.69) is 23.2 Å². The molecule has 2 bridgehead atoms. The van der Waals surface area contributed by atoms with Gasteiger partial charge >= 0.3 is 0 Å². The fourth-order valence-electron chi connectivity index (χ4n) is 3.86. The van der Waals surface area contributed by atoms with Gasteiger partial charge in [-0.3, -0.25) is 0 Å². The Morgan fingerprint density at radius 3 is 2.67 bits per heavy atom. The number of nitrogens with one attached hydrogen (secondary N) is 1. The SMILES string of the molecule is CCCN(c1cc(Cl)ccc1C#N)C1CC2CCC(C1)N2. The van der Waals surface area contributed by atoms with Crippen molar-refractivity contribution in [2.75, 3.05) is 11.4 Å². The minimum absolute atomic E-state index is 0.522. The number of nitrogens with zero attached hydrogens (tertiary/aromatic N) is 2. The molecule has 0 aliphatic carbocycles. The average molecular weight is 304 g/mol. The minimum Gasteiger partial charge on any atom is -0.367 e. The first kappa shape index (κ1) is 14.7. The first-order valence-corrected chi connectivity index (χ1v) is 8.31. The van der Waals surface area contributed by atoms with E-state index in [1.165, 1.54) is 25.7 Å². The number of benzene rings is 1. The molecule has 3 rings (SSSR count). The number of rotatable bonds is 4. The first-order valence-electron chi connectivity index (χ1n) is 7.93. The molecular formula is C17H22ClN3. The quantitative estimate of drug-likeness (QED) is 0.921. The Balaban J connectivity index is 1.91. The average Bonchev–Trinajstić information content (AvgIpc) is 2.83. The fourth-order valence-corrected chi connectivity index (χ4v) is 4.03. The van der Waals surface area contributed by atoms with Crippen LogP contribution in [-0.4, -0.2) is 24.7 Å². The maximum Gasteiger partial charge on any atom is 0.101 e. The summed E-state index contributed by atoms with van der Waals surface area (Å²) in [5, 5.41) is 13.8. The van der Waals surface area contributed by atoms with Gasteiger partial charge in [0.05, 0.1) is 11.3 Å². The van der Waals surface area contributed by atoms with Crippen molar-refractivity contribution >= 4 is 17.3 Å². The third-order valence-electron chi connectivity index (χ3n) is 4.74. The van der Waals surface area contributed by atoms with Crippen LogP contribution in [0, 0.1) is 11.3 Å². The van der Waals surface area contributed by atoms with E-state index in [-0.39, 0.29) is 0 Å². The molecule has 2 unspecified atom stereocenters. The molecule has 21 heavy (non-hydrogen) atoms. The van der Waals surface area contributed by atoms with Crippen LogP contribution in [0.1, 0.15) is 44.6 Å². The van der Waals surface area contributed by atoms with Gasteiger partial charge in [-0.05, 0) is 50.3 Å². The lowest BCUT2D eigenvalue weighted by Gasteiger charge is -2.39. The van der Waals surface area contributed by atoms with E-state index in [1.54, 1.807) is 6.07 Å². The van der Waals surface area contributed by atoms with Crippen LogP contribution in [0.15, 0.2) is 18.2 Å². The molecule has 0 radical (unpaired) electrons. The normalized spacial score (nSPS) is 27.4. The summed E-state index contributed by atoms with van der Waals surface area (Å²) in [6.07, 6.45) is 6.02. The molecule has 4 heteroatoms. The van der Waals surface area contributed by atoms with Crippen LogP contribution in [-0.2, 0) is 0 Å².